The number of anilines is 1. The Labute approximate surface area is 272 Å². The zero-order chi connectivity index (χ0) is 32.8. The number of fused-ring (bicyclic) bond motifs is 1. The molecule has 0 aliphatic heterocycles. The van der Waals surface area contributed by atoms with Crippen molar-refractivity contribution in [3.05, 3.63) is 159 Å². The molecular formula is C39H34N2O6. The first-order valence-corrected chi connectivity index (χ1v) is 15.5. The number of nitro groups is 1. The summed E-state index contributed by atoms with van der Waals surface area (Å²) >= 11 is 0. The number of nitro benzene ring substituents is 1. The van der Waals surface area contributed by atoms with Crippen LogP contribution in [-0.2, 0) is 24.1 Å². The molecule has 0 saturated heterocycles. The molecule has 236 valence electrons. The Morgan fingerprint density at radius 1 is 0.830 bits per heavy atom. The second-order valence-electron chi connectivity index (χ2n) is 11.4. The van der Waals surface area contributed by atoms with Gasteiger partial charge in [0.25, 0.3) is 5.69 Å². The van der Waals surface area contributed by atoms with E-state index in [4.69, 9.17) is 9.15 Å². The molecule has 1 heterocycles. The fourth-order valence-electron chi connectivity index (χ4n) is 5.77. The lowest BCUT2D eigenvalue weighted by atomic mass is 9.97. The Morgan fingerprint density at radius 3 is 2.15 bits per heavy atom. The van der Waals surface area contributed by atoms with Gasteiger partial charge in [-0.15, -0.1) is 0 Å². The summed E-state index contributed by atoms with van der Waals surface area (Å²) in [6.07, 6.45) is 1.53. The van der Waals surface area contributed by atoms with Crippen LogP contribution in [-0.4, -0.2) is 28.6 Å². The minimum Gasteiger partial charge on any atom is -0.490 e. The van der Waals surface area contributed by atoms with Gasteiger partial charge in [-0.3, -0.25) is 10.1 Å². The van der Waals surface area contributed by atoms with Crippen LogP contribution in [0.15, 0.2) is 126 Å². The van der Waals surface area contributed by atoms with E-state index in [1.54, 1.807) is 12.1 Å². The number of carboxylic acids is 1. The molecule has 0 spiro atoms. The van der Waals surface area contributed by atoms with Gasteiger partial charge in [-0.1, -0.05) is 97.1 Å². The molecule has 6 rings (SSSR count). The standard InChI is InChI=1S/C39H34N2O6/c1-2-46-37-20-18-31(33-25-32(47-38(33)37)22-26-9-5-3-6-10-26)21-28-13-15-29(16-14-28)30-17-19-34(36(24-30)41(44)45)40-35(39(42)43)23-27-11-7-4-8-12-27/h3-20,24-25,35,40H,2,21-23H2,1H3,(H,42,43)/t35-/m0/s1. The van der Waals surface area contributed by atoms with Gasteiger partial charge in [-0.2, -0.15) is 0 Å². The van der Waals surface area contributed by atoms with Crippen molar-refractivity contribution in [1.82, 2.24) is 0 Å². The van der Waals surface area contributed by atoms with Gasteiger partial charge in [0.15, 0.2) is 11.3 Å². The zero-order valence-electron chi connectivity index (χ0n) is 25.9. The number of rotatable bonds is 13. The van der Waals surface area contributed by atoms with E-state index in [1.807, 2.05) is 85.8 Å². The summed E-state index contributed by atoms with van der Waals surface area (Å²) < 4.78 is 12.2. The van der Waals surface area contributed by atoms with Crippen molar-refractivity contribution in [3.63, 3.8) is 0 Å². The molecule has 5 aromatic carbocycles. The molecule has 0 saturated carbocycles. The molecule has 2 N–H and O–H groups in total. The molecular weight excluding hydrogens is 592 g/mol. The smallest absolute Gasteiger partial charge is 0.326 e. The monoisotopic (exact) mass is 626 g/mol. The van der Waals surface area contributed by atoms with E-state index in [0.29, 0.717) is 25.0 Å². The van der Waals surface area contributed by atoms with E-state index in [-0.39, 0.29) is 17.8 Å². The summed E-state index contributed by atoms with van der Waals surface area (Å²) in [4.78, 5) is 23.6. The molecule has 0 bridgehead atoms. The predicted molar refractivity (Wildman–Crippen MR) is 183 cm³/mol. The lowest BCUT2D eigenvalue weighted by Gasteiger charge is -2.16. The number of hydrogen-bond acceptors (Lipinski definition) is 6. The maximum Gasteiger partial charge on any atom is 0.326 e. The molecule has 0 fully saturated rings. The van der Waals surface area contributed by atoms with Crippen LogP contribution in [0.5, 0.6) is 5.75 Å². The Kier molecular flexibility index (Phi) is 9.29. The highest BCUT2D eigenvalue weighted by molar-refractivity contribution is 5.87. The minimum atomic E-state index is -1.09. The molecule has 0 aliphatic carbocycles. The van der Waals surface area contributed by atoms with Crippen LogP contribution in [0.25, 0.3) is 22.1 Å². The van der Waals surface area contributed by atoms with E-state index in [9.17, 15) is 20.0 Å². The Hall–Kier alpha value is -5.89. The molecule has 8 nitrogen and oxygen atoms in total. The van der Waals surface area contributed by atoms with Gasteiger partial charge in [0.1, 0.15) is 17.5 Å². The number of hydrogen-bond donors (Lipinski definition) is 2. The van der Waals surface area contributed by atoms with Gasteiger partial charge in [0.2, 0.25) is 0 Å². The van der Waals surface area contributed by atoms with Gasteiger partial charge < -0.3 is 19.6 Å². The zero-order valence-corrected chi connectivity index (χ0v) is 25.9. The minimum absolute atomic E-state index is 0.157. The molecule has 47 heavy (non-hydrogen) atoms. The number of benzene rings is 5. The maximum atomic E-state index is 12.0. The number of nitrogens with one attached hydrogen (secondary N) is 1. The van der Waals surface area contributed by atoms with Crippen LogP contribution < -0.4 is 10.1 Å². The Balaban J connectivity index is 1.22. The average molecular weight is 627 g/mol. The van der Waals surface area contributed by atoms with Gasteiger partial charge >= 0.3 is 5.97 Å². The highest BCUT2D eigenvalue weighted by atomic mass is 16.6. The summed E-state index contributed by atoms with van der Waals surface area (Å²) in [6, 6.07) is 37.2. The summed E-state index contributed by atoms with van der Waals surface area (Å²) in [5.74, 6) is 0.495. The third-order valence-electron chi connectivity index (χ3n) is 8.10. The highest BCUT2D eigenvalue weighted by Crippen LogP contribution is 2.35. The first kappa shape index (κ1) is 31.1. The van der Waals surface area contributed by atoms with E-state index in [2.05, 4.69) is 29.6 Å². The van der Waals surface area contributed by atoms with E-state index in [1.165, 1.54) is 11.6 Å². The topological polar surface area (TPSA) is 115 Å². The lowest BCUT2D eigenvalue weighted by Crippen LogP contribution is -2.31. The van der Waals surface area contributed by atoms with Crippen LogP contribution in [0, 0.1) is 10.1 Å². The van der Waals surface area contributed by atoms with Crippen LogP contribution in [0.2, 0.25) is 0 Å². The van der Waals surface area contributed by atoms with Crippen LogP contribution in [0.3, 0.4) is 0 Å². The molecule has 0 aliphatic rings. The van der Waals surface area contributed by atoms with Gasteiger partial charge in [-0.25, -0.2) is 4.79 Å². The van der Waals surface area contributed by atoms with Crippen LogP contribution in [0.4, 0.5) is 11.4 Å². The summed E-state index contributed by atoms with van der Waals surface area (Å²) in [7, 11) is 0. The number of aliphatic carboxylic acids is 1. The van der Waals surface area contributed by atoms with E-state index < -0.39 is 16.9 Å². The average Bonchev–Trinajstić information content (AvgIpc) is 3.51. The third kappa shape index (κ3) is 7.34. The second kappa shape index (κ2) is 14.0. The number of carbonyl (C=O) groups is 1. The number of furan rings is 1. The fourth-order valence-corrected chi connectivity index (χ4v) is 5.77. The largest absolute Gasteiger partial charge is 0.490 e. The summed E-state index contributed by atoms with van der Waals surface area (Å²) in [6.45, 7) is 2.49. The second-order valence-corrected chi connectivity index (χ2v) is 11.4. The number of ether oxygens (including phenoxy) is 1. The van der Waals surface area contributed by atoms with Crippen molar-refractivity contribution < 1.29 is 24.0 Å². The van der Waals surface area contributed by atoms with Crippen LogP contribution in [0.1, 0.15) is 34.9 Å². The van der Waals surface area contributed by atoms with Crippen molar-refractivity contribution >= 4 is 28.3 Å². The molecule has 0 amide bonds. The van der Waals surface area contributed by atoms with Gasteiger partial charge in [-0.05, 0) is 64.9 Å². The first-order chi connectivity index (χ1) is 22.9. The molecule has 1 atom stereocenters. The Bertz CT molecular complexity index is 2000. The normalized spacial score (nSPS) is 11.7. The fraction of sp³-hybridized carbons (Fsp3) is 0.154. The summed E-state index contributed by atoms with van der Waals surface area (Å²) in [5.41, 5.74) is 6.34. The van der Waals surface area contributed by atoms with Crippen molar-refractivity contribution in [2.75, 3.05) is 11.9 Å². The third-order valence-corrected chi connectivity index (χ3v) is 8.10. The summed E-state index contributed by atoms with van der Waals surface area (Å²) in [5, 5.41) is 25.7. The molecule has 8 heteroatoms. The molecule has 0 radical (unpaired) electrons. The number of nitrogens with zero attached hydrogens (tertiary/aromatic N) is 1. The number of carboxylic acid groups (broad SMARTS) is 1. The van der Waals surface area contributed by atoms with E-state index >= 15 is 0 Å². The van der Waals surface area contributed by atoms with E-state index in [0.717, 1.165) is 44.7 Å². The predicted octanol–water partition coefficient (Wildman–Crippen LogP) is 8.70. The van der Waals surface area contributed by atoms with Crippen molar-refractivity contribution in [3.8, 4) is 16.9 Å². The van der Waals surface area contributed by atoms with Crippen molar-refractivity contribution in [2.45, 2.75) is 32.2 Å². The Morgan fingerprint density at radius 2 is 1.49 bits per heavy atom. The first-order valence-electron chi connectivity index (χ1n) is 15.5. The SMILES string of the molecule is CCOc1ccc(Cc2ccc(-c3ccc(N[C@@H](Cc4ccccc4)C(=O)O)c([N+](=O)[O-])c3)cc2)c2cc(Cc3ccccc3)oc12. The lowest BCUT2D eigenvalue weighted by molar-refractivity contribution is -0.383. The molecule has 1 aromatic heterocycles. The quantitative estimate of drug-likeness (QED) is 0.0973. The molecule has 0 unspecified atom stereocenters. The van der Waals surface area contributed by atoms with Crippen molar-refractivity contribution in [2.24, 2.45) is 0 Å². The van der Waals surface area contributed by atoms with Crippen LogP contribution >= 0.6 is 0 Å². The maximum absolute atomic E-state index is 12.0. The van der Waals surface area contributed by atoms with Gasteiger partial charge in [0.05, 0.1) is 11.5 Å². The highest BCUT2D eigenvalue weighted by Gasteiger charge is 2.23. The van der Waals surface area contributed by atoms with Crippen molar-refractivity contribution in [1.29, 1.82) is 0 Å². The van der Waals surface area contributed by atoms with Gasteiger partial charge in [0, 0.05) is 24.3 Å². The molecule has 6 aromatic rings.